The van der Waals surface area contributed by atoms with E-state index in [1.54, 1.807) is 11.0 Å². The first kappa shape index (κ1) is 16.7. The molecule has 2 N–H and O–H groups in total. The lowest BCUT2D eigenvalue weighted by Gasteiger charge is -2.17. The Morgan fingerprint density at radius 1 is 1.46 bits per heavy atom. The molecule has 0 fully saturated rings. The van der Waals surface area contributed by atoms with E-state index in [0.717, 1.165) is 17.8 Å². The molecule has 24 heavy (non-hydrogen) atoms. The van der Waals surface area contributed by atoms with E-state index in [-0.39, 0.29) is 11.6 Å². The minimum absolute atomic E-state index is 0.126. The lowest BCUT2D eigenvalue weighted by atomic mass is 9.98. The van der Waals surface area contributed by atoms with Crippen LogP contribution in [-0.2, 0) is 17.9 Å². The number of aromatic nitrogens is 2. The van der Waals surface area contributed by atoms with Crippen molar-refractivity contribution >= 4 is 11.6 Å². The Morgan fingerprint density at radius 3 is 2.83 bits per heavy atom. The van der Waals surface area contributed by atoms with E-state index in [2.05, 4.69) is 20.5 Å². The summed E-state index contributed by atoms with van der Waals surface area (Å²) >= 11 is 0. The van der Waals surface area contributed by atoms with Crippen LogP contribution in [0.2, 0.25) is 0 Å². The van der Waals surface area contributed by atoms with Gasteiger partial charge in [0.25, 0.3) is 0 Å². The fourth-order valence-electron chi connectivity index (χ4n) is 3.07. The standard InChI is InChI=1S/C17H24FN5O/c1-5-6-13-17(4,18)15(22-21-13)16-19-11-8-23(9-12(11)20-16)14(24)7-10(2)3/h6,10,21H,5,7-9H2,1-4H3,(H,19,20)/b13-6+. The number of fused-ring (bicyclic) bond motifs is 1. The number of imidazole rings is 1. The summed E-state index contributed by atoms with van der Waals surface area (Å²) in [5.74, 6) is 0.893. The van der Waals surface area contributed by atoms with Crippen molar-refractivity contribution in [1.82, 2.24) is 20.3 Å². The third-order valence-electron chi connectivity index (χ3n) is 4.36. The molecule has 130 valence electrons. The Hall–Kier alpha value is -2.18. The van der Waals surface area contributed by atoms with Crippen molar-refractivity contribution in [3.05, 3.63) is 29.0 Å². The number of hydrazone groups is 1. The number of allylic oxidation sites excluding steroid dienone is 2. The smallest absolute Gasteiger partial charge is 0.223 e. The van der Waals surface area contributed by atoms with Crippen LogP contribution < -0.4 is 5.43 Å². The molecule has 1 aromatic heterocycles. The number of alkyl halides is 1. The van der Waals surface area contributed by atoms with Crippen LogP contribution in [0, 0.1) is 5.92 Å². The van der Waals surface area contributed by atoms with Crippen molar-refractivity contribution in [2.45, 2.75) is 59.3 Å². The Morgan fingerprint density at radius 2 is 2.21 bits per heavy atom. The highest BCUT2D eigenvalue weighted by Crippen LogP contribution is 2.31. The van der Waals surface area contributed by atoms with Crippen molar-refractivity contribution in [2.24, 2.45) is 11.0 Å². The van der Waals surface area contributed by atoms with Crippen molar-refractivity contribution in [2.75, 3.05) is 0 Å². The maximum absolute atomic E-state index is 15.0. The minimum Gasteiger partial charge on any atom is -0.339 e. The summed E-state index contributed by atoms with van der Waals surface area (Å²) in [6, 6.07) is 0. The Balaban J connectivity index is 1.76. The van der Waals surface area contributed by atoms with Crippen LogP contribution in [0.1, 0.15) is 57.7 Å². The van der Waals surface area contributed by atoms with Gasteiger partial charge in [0.15, 0.2) is 11.5 Å². The zero-order valence-corrected chi connectivity index (χ0v) is 14.6. The van der Waals surface area contributed by atoms with E-state index in [1.807, 2.05) is 20.8 Å². The number of hydrogen-bond donors (Lipinski definition) is 2. The van der Waals surface area contributed by atoms with Gasteiger partial charge in [-0.25, -0.2) is 9.37 Å². The summed E-state index contributed by atoms with van der Waals surface area (Å²) in [5, 5.41) is 4.11. The fraction of sp³-hybridized carbons (Fsp3) is 0.588. The third-order valence-corrected chi connectivity index (χ3v) is 4.36. The molecular weight excluding hydrogens is 309 g/mol. The van der Waals surface area contributed by atoms with Crippen LogP contribution in [0.5, 0.6) is 0 Å². The largest absolute Gasteiger partial charge is 0.339 e. The minimum atomic E-state index is -1.69. The van der Waals surface area contributed by atoms with E-state index in [9.17, 15) is 4.79 Å². The normalized spacial score (nSPS) is 24.5. The maximum Gasteiger partial charge on any atom is 0.223 e. The molecule has 0 aliphatic carbocycles. The molecule has 0 bridgehead atoms. The molecule has 3 rings (SSSR count). The zero-order valence-electron chi connectivity index (χ0n) is 14.6. The number of nitrogens with zero attached hydrogens (tertiary/aromatic N) is 3. The van der Waals surface area contributed by atoms with Gasteiger partial charge in [0.2, 0.25) is 5.91 Å². The molecule has 1 unspecified atom stereocenters. The second-order valence-corrected chi connectivity index (χ2v) is 6.96. The summed E-state index contributed by atoms with van der Waals surface area (Å²) in [5.41, 5.74) is 3.45. The van der Waals surface area contributed by atoms with Crippen molar-refractivity contribution in [3.8, 4) is 0 Å². The van der Waals surface area contributed by atoms with Crippen molar-refractivity contribution in [3.63, 3.8) is 0 Å². The fourth-order valence-corrected chi connectivity index (χ4v) is 3.07. The monoisotopic (exact) mass is 333 g/mol. The lowest BCUT2D eigenvalue weighted by molar-refractivity contribution is -0.132. The molecule has 0 aromatic carbocycles. The van der Waals surface area contributed by atoms with Gasteiger partial charge in [-0.1, -0.05) is 26.8 Å². The Bertz CT molecular complexity index is 693. The van der Waals surface area contributed by atoms with Crippen LogP contribution in [0.15, 0.2) is 16.9 Å². The first-order chi connectivity index (χ1) is 11.3. The molecule has 0 saturated heterocycles. The topological polar surface area (TPSA) is 73.4 Å². The van der Waals surface area contributed by atoms with Crippen LogP contribution >= 0.6 is 0 Å². The van der Waals surface area contributed by atoms with Crippen LogP contribution in [0.4, 0.5) is 4.39 Å². The third kappa shape index (κ3) is 2.83. The van der Waals surface area contributed by atoms with Gasteiger partial charge in [0.1, 0.15) is 5.71 Å². The number of aromatic amines is 1. The van der Waals surface area contributed by atoms with Gasteiger partial charge in [-0.15, -0.1) is 0 Å². The van der Waals surface area contributed by atoms with Crippen LogP contribution in [-0.4, -0.2) is 32.2 Å². The van der Waals surface area contributed by atoms with Gasteiger partial charge >= 0.3 is 0 Å². The van der Waals surface area contributed by atoms with Crippen molar-refractivity contribution < 1.29 is 9.18 Å². The first-order valence-corrected chi connectivity index (χ1v) is 8.42. The highest BCUT2D eigenvalue weighted by molar-refractivity contribution is 6.07. The number of H-pyrrole nitrogens is 1. The number of hydrogen-bond acceptors (Lipinski definition) is 4. The predicted molar refractivity (Wildman–Crippen MR) is 89.9 cm³/mol. The molecule has 2 aliphatic heterocycles. The summed E-state index contributed by atoms with van der Waals surface area (Å²) in [4.78, 5) is 21.6. The molecule has 0 radical (unpaired) electrons. The highest BCUT2D eigenvalue weighted by atomic mass is 19.1. The van der Waals surface area contributed by atoms with Gasteiger partial charge < -0.3 is 9.88 Å². The second-order valence-electron chi connectivity index (χ2n) is 6.96. The Labute approximate surface area is 141 Å². The molecule has 7 heteroatoms. The molecule has 0 saturated carbocycles. The number of carbonyl (C=O) groups excluding carboxylic acids is 1. The number of rotatable bonds is 4. The van der Waals surface area contributed by atoms with Gasteiger partial charge in [-0.2, -0.15) is 5.10 Å². The molecule has 1 atom stereocenters. The van der Waals surface area contributed by atoms with E-state index in [0.29, 0.717) is 36.9 Å². The number of nitrogens with one attached hydrogen (secondary N) is 2. The van der Waals surface area contributed by atoms with Gasteiger partial charge in [-0.3, -0.25) is 10.2 Å². The Kier molecular flexibility index (Phi) is 4.19. The summed E-state index contributed by atoms with van der Waals surface area (Å²) in [6.45, 7) is 8.46. The summed E-state index contributed by atoms with van der Waals surface area (Å²) in [7, 11) is 0. The van der Waals surface area contributed by atoms with Gasteiger partial charge in [0, 0.05) is 6.42 Å². The number of halogens is 1. The average Bonchev–Trinajstić information content (AvgIpc) is 3.10. The SMILES string of the molecule is CC/C=C1/NN=C(c2nc3c([nH]2)CN(C(=O)CC(C)C)C3)C1(C)F. The van der Waals surface area contributed by atoms with Gasteiger partial charge in [0.05, 0.1) is 30.2 Å². The van der Waals surface area contributed by atoms with Crippen LogP contribution in [0.25, 0.3) is 0 Å². The quantitative estimate of drug-likeness (QED) is 0.889. The van der Waals surface area contributed by atoms with E-state index < -0.39 is 5.67 Å². The second kappa shape index (κ2) is 6.03. The number of amides is 1. The molecule has 6 nitrogen and oxygen atoms in total. The predicted octanol–water partition coefficient (Wildman–Crippen LogP) is 2.63. The molecule has 1 amide bonds. The molecule has 3 heterocycles. The van der Waals surface area contributed by atoms with Crippen LogP contribution in [0.3, 0.4) is 0 Å². The lowest BCUT2D eigenvalue weighted by Crippen LogP contribution is -2.32. The number of carbonyl (C=O) groups is 1. The van der Waals surface area contributed by atoms with Crippen molar-refractivity contribution in [1.29, 1.82) is 0 Å². The molecule has 0 spiro atoms. The first-order valence-electron chi connectivity index (χ1n) is 8.42. The average molecular weight is 333 g/mol. The van der Waals surface area contributed by atoms with E-state index >= 15 is 4.39 Å². The van der Waals surface area contributed by atoms with E-state index in [4.69, 9.17) is 0 Å². The summed E-state index contributed by atoms with van der Waals surface area (Å²) < 4.78 is 15.0. The highest BCUT2D eigenvalue weighted by Gasteiger charge is 2.43. The van der Waals surface area contributed by atoms with E-state index in [1.165, 1.54) is 6.92 Å². The molecular formula is C17H24FN5O. The summed E-state index contributed by atoms with van der Waals surface area (Å²) in [6.07, 6.45) is 3.05. The molecule has 1 aromatic rings. The van der Waals surface area contributed by atoms with Gasteiger partial charge in [-0.05, 0) is 19.3 Å². The zero-order chi connectivity index (χ0) is 17.5. The molecule has 2 aliphatic rings. The maximum atomic E-state index is 15.0.